The first-order valence-corrected chi connectivity index (χ1v) is 11.0. The van der Waals surface area contributed by atoms with Crippen LogP contribution in [0.4, 0.5) is 9.18 Å². The van der Waals surface area contributed by atoms with Crippen LogP contribution >= 0.6 is 0 Å². The van der Waals surface area contributed by atoms with E-state index < -0.39 is 23.5 Å². The molecule has 2 N–H and O–H groups in total. The van der Waals surface area contributed by atoms with Gasteiger partial charge in [0.05, 0.1) is 23.4 Å². The van der Waals surface area contributed by atoms with Gasteiger partial charge in [0.15, 0.2) is 0 Å². The van der Waals surface area contributed by atoms with Crippen molar-refractivity contribution in [3.05, 3.63) is 66.2 Å². The summed E-state index contributed by atoms with van der Waals surface area (Å²) < 4.78 is 15.4. The fraction of sp³-hybridized carbons (Fsp3) is 0.333. The smallest absolute Gasteiger partial charge is 0.325 e. The van der Waals surface area contributed by atoms with Crippen LogP contribution in [0.5, 0.6) is 0 Å². The van der Waals surface area contributed by atoms with Gasteiger partial charge in [-0.3, -0.25) is 14.5 Å². The number of hydrogen-bond donors (Lipinski definition) is 2. The zero-order chi connectivity index (χ0) is 23.0. The number of carbonyl (C=O) groups excluding carboxylic acids is 3. The van der Waals surface area contributed by atoms with Crippen LogP contribution in [0.15, 0.2) is 54.9 Å². The Labute approximate surface area is 189 Å². The average molecular weight is 449 g/mol. The molecule has 1 saturated heterocycles. The SMILES string of the molecule is O=C(CN1C(=O)NC2(CCCC2)C1=O)NC(Cn1cnc2ccccc21)c1ccc(F)cc1. The Kier molecular flexibility index (Phi) is 5.32. The Bertz CT molecular complexity index is 1220. The van der Waals surface area contributed by atoms with Crippen molar-refractivity contribution in [2.75, 3.05) is 6.54 Å². The van der Waals surface area contributed by atoms with Crippen molar-refractivity contribution in [1.82, 2.24) is 25.1 Å². The minimum Gasteiger partial charge on any atom is -0.346 e. The van der Waals surface area contributed by atoms with Gasteiger partial charge in [0.25, 0.3) is 5.91 Å². The molecule has 1 unspecified atom stereocenters. The number of urea groups is 1. The molecule has 1 atom stereocenters. The van der Waals surface area contributed by atoms with Crippen molar-refractivity contribution in [2.45, 2.75) is 43.8 Å². The molecule has 33 heavy (non-hydrogen) atoms. The molecule has 5 rings (SSSR count). The first-order valence-electron chi connectivity index (χ1n) is 11.0. The molecule has 2 fully saturated rings. The maximum atomic E-state index is 13.5. The molecule has 2 aromatic carbocycles. The van der Waals surface area contributed by atoms with Gasteiger partial charge < -0.3 is 15.2 Å². The first-order chi connectivity index (χ1) is 15.9. The lowest BCUT2D eigenvalue weighted by Crippen LogP contribution is -2.45. The number of imidazole rings is 1. The monoisotopic (exact) mass is 449 g/mol. The summed E-state index contributed by atoms with van der Waals surface area (Å²) in [5, 5.41) is 5.70. The van der Waals surface area contributed by atoms with E-state index in [2.05, 4.69) is 15.6 Å². The molecule has 0 bridgehead atoms. The second-order valence-corrected chi connectivity index (χ2v) is 8.67. The van der Waals surface area contributed by atoms with E-state index in [9.17, 15) is 18.8 Å². The van der Waals surface area contributed by atoms with Crippen LogP contribution in [-0.2, 0) is 16.1 Å². The maximum Gasteiger partial charge on any atom is 0.325 e. The number of imide groups is 1. The van der Waals surface area contributed by atoms with Crippen LogP contribution in [0.25, 0.3) is 11.0 Å². The lowest BCUT2D eigenvalue weighted by molar-refractivity contribution is -0.135. The Morgan fingerprint density at radius 2 is 1.85 bits per heavy atom. The Balaban J connectivity index is 1.35. The first kappa shape index (κ1) is 21.1. The van der Waals surface area contributed by atoms with Gasteiger partial charge in [-0.15, -0.1) is 0 Å². The highest BCUT2D eigenvalue weighted by Crippen LogP contribution is 2.35. The molecule has 2 aliphatic rings. The second-order valence-electron chi connectivity index (χ2n) is 8.67. The number of nitrogens with zero attached hydrogens (tertiary/aromatic N) is 3. The molecule has 1 aliphatic heterocycles. The Hall–Kier alpha value is -3.75. The van der Waals surface area contributed by atoms with E-state index in [0.29, 0.717) is 24.9 Å². The maximum absolute atomic E-state index is 13.5. The molecular weight excluding hydrogens is 425 g/mol. The second kappa shape index (κ2) is 8.31. The van der Waals surface area contributed by atoms with Gasteiger partial charge in [-0.1, -0.05) is 37.1 Å². The molecule has 1 saturated carbocycles. The molecular formula is C24H24FN5O3. The molecule has 0 radical (unpaired) electrons. The summed E-state index contributed by atoms with van der Waals surface area (Å²) in [6.45, 7) is -0.0171. The number of fused-ring (bicyclic) bond motifs is 1. The van der Waals surface area contributed by atoms with E-state index >= 15 is 0 Å². The molecule has 1 aromatic heterocycles. The number of para-hydroxylation sites is 2. The standard InChI is InChI=1S/C24H24FN5O3/c25-17-9-7-16(8-10-17)19(13-29-15-26-18-5-1-2-6-20(18)29)27-21(31)14-30-22(32)24(28-23(30)33)11-3-4-12-24/h1-2,5-10,15,19H,3-4,11-14H2,(H,27,31)(H,28,33). The molecule has 170 valence electrons. The molecule has 9 heteroatoms. The Morgan fingerprint density at radius 1 is 1.12 bits per heavy atom. The summed E-state index contributed by atoms with van der Waals surface area (Å²) in [5.41, 5.74) is 1.56. The van der Waals surface area contributed by atoms with Crippen LogP contribution in [0.2, 0.25) is 0 Å². The molecule has 8 nitrogen and oxygen atoms in total. The van der Waals surface area contributed by atoms with Crippen molar-refractivity contribution in [1.29, 1.82) is 0 Å². The normalized spacial score (nSPS) is 18.2. The molecule has 1 spiro atoms. The highest BCUT2D eigenvalue weighted by atomic mass is 19.1. The third-order valence-corrected chi connectivity index (χ3v) is 6.52. The van der Waals surface area contributed by atoms with Crippen LogP contribution in [-0.4, -0.2) is 44.4 Å². The van der Waals surface area contributed by atoms with E-state index in [4.69, 9.17) is 0 Å². The molecule has 1 aliphatic carbocycles. The largest absolute Gasteiger partial charge is 0.346 e. The summed E-state index contributed by atoms with van der Waals surface area (Å²) >= 11 is 0. The zero-order valence-electron chi connectivity index (χ0n) is 18.0. The summed E-state index contributed by atoms with van der Waals surface area (Å²) in [5.74, 6) is -1.18. The van der Waals surface area contributed by atoms with Gasteiger partial charge in [-0.05, 0) is 42.7 Å². The lowest BCUT2D eigenvalue weighted by atomic mass is 9.98. The number of nitrogens with one attached hydrogen (secondary N) is 2. The van der Waals surface area contributed by atoms with E-state index in [1.807, 2.05) is 28.8 Å². The van der Waals surface area contributed by atoms with E-state index in [1.54, 1.807) is 18.5 Å². The topological polar surface area (TPSA) is 96.3 Å². The number of benzene rings is 2. The summed E-state index contributed by atoms with van der Waals surface area (Å²) in [6, 6.07) is 12.5. The van der Waals surface area contributed by atoms with Gasteiger partial charge in [0.2, 0.25) is 5.91 Å². The van der Waals surface area contributed by atoms with E-state index in [1.165, 1.54) is 12.1 Å². The van der Waals surface area contributed by atoms with Crippen LogP contribution < -0.4 is 10.6 Å². The number of rotatable bonds is 6. The number of hydrogen-bond acceptors (Lipinski definition) is 4. The van der Waals surface area contributed by atoms with Crippen molar-refractivity contribution >= 4 is 28.9 Å². The number of aromatic nitrogens is 2. The van der Waals surface area contributed by atoms with Gasteiger partial charge in [0.1, 0.15) is 17.9 Å². The summed E-state index contributed by atoms with van der Waals surface area (Å²) in [4.78, 5) is 43.7. The van der Waals surface area contributed by atoms with Crippen molar-refractivity contribution in [3.63, 3.8) is 0 Å². The van der Waals surface area contributed by atoms with Gasteiger partial charge >= 0.3 is 6.03 Å². The van der Waals surface area contributed by atoms with Crippen molar-refractivity contribution in [2.24, 2.45) is 0 Å². The van der Waals surface area contributed by atoms with E-state index in [-0.39, 0.29) is 18.3 Å². The fourth-order valence-electron chi connectivity index (χ4n) is 4.80. The quantitative estimate of drug-likeness (QED) is 0.566. The van der Waals surface area contributed by atoms with E-state index in [0.717, 1.165) is 28.8 Å². The van der Waals surface area contributed by atoms with Crippen LogP contribution in [0, 0.1) is 5.82 Å². The van der Waals surface area contributed by atoms with Crippen molar-refractivity contribution < 1.29 is 18.8 Å². The Morgan fingerprint density at radius 3 is 2.61 bits per heavy atom. The zero-order valence-corrected chi connectivity index (χ0v) is 18.0. The van der Waals surface area contributed by atoms with Crippen LogP contribution in [0.1, 0.15) is 37.3 Å². The number of halogens is 1. The lowest BCUT2D eigenvalue weighted by Gasteiger charge is -2.22. The summed E-state index contributed by atoms with van der Waals surface area (Å²) in [6.07, 6.45) is 4.63. The molecule has 2 heterocycles. The highest BCUT2D eigenvalue weighted by Gasteiger charge is 2.52. The third-order valence-electron chi connectivity index (χ3n) is 6.52. The minimum absolute atomic E-state index is 0.334. The molecule has 4 amide bonds. The van der Waals surface area contributed by atoms with Gasteiger partial charge in [0, 0.05) is 6.54 Å². The van der Waals surface area contributed by atoms with Gasteiger partial charge in [-0.2, -0.15) is 0 Å². The predicted octanol–water partition coefficient (Wildman–Crippen LogP) is 2.90. The average Bonchev–Trinajstić information content (AvgIpc) is 3.50. The van der Waals surface area contributed by atoms with Gasteiger partial charge in [-0.25, -0.2) is 14.2 Å². The highest BCUT2D eigenvalue weighted by molar-refractivity contribution is 6.09. The minimum atomic E-state index is -0.858. The van der Waals surface area contributed by atoms with Crippen LogP contribution in [0.3, 0.4) is 0 Å². The number of carbonyl (C=O) groups is 3. The number of amides is 4. The molecule has 3 aromatic rings. The predicted molar refractivity (Wildman–Crippen MR) is 118 cm³/mol. The summed E-state index contributed by atoms with van der Waals surface area (Å²) in [7, 11) is 0. The third kappa shape index (κ3) is 3.94. The van der Waals surface area contributed by atoms with Crippen molar-refractivity contribution in [3.8, 4) is 0 Å². The fourth-order valence-corrected chi connectivity index (χ4v) is 4.80.